The van der Waals surface area contributed by atoms with Crippen molar-refractivity contribution in [3.8, 4) is 0 Å². The molecule has 0 aliphatic carbocycles. The van der Waals surface area contributed by atoms with E-state index in [9.17, 15) is 4.79 Å². The number of carbonyl (C=O) groups excluding carboxylic acids is 1. The molecule has 1 amide bonds. The van der Waals surface area contributed by atoms with Gasteiger partial charge in [0.1, 0.15) is 4.88 Å². The third-order valence-electron chi connectivity index (χ3n) is 3.82. The van der Waals surface area contributed by atoms with Gasteiger partial charge in [0.2, 0.25) is 0 Å². The molecule has 1 saturated heterocycles. The fourth-order valence-corrected chi connectivity index (χ4v) is 3.56. The minimum atomic E-state index is 0.0127. The maximum atomic E-state index is 12.2. The molecular formula is C16H27N3O2S. The third-order valence-corrected chi connectivity index (χ3v) is 4.66. The Morgan fingerprint density at radius 1 is 1.59 bits per heavy atom. The molecule has 124 valence electrons. The van der Waals surface area contributed by atoms with Crippen molar-refractivity contribution < 1.29 is 9.53 Å². The third kappa shape index (κ3) is 5.04. The van der Waals surface area contributed by atoms with Gasteiger partial charge in [-0.1, -0.05) is 13.8 Å². The van der Waals surface area contributed by atoms with Gasteiger partial charge in [0, 0.05) is 26.2 Å². The van der Waals surface area contributed by atoms with Crippen molar-refractivity contribution in [2.24, 2.45) is 0 Å². The maximum absolute atomic E-state index is 12.2. The molecular weight excluding hydrogens is 298 g/mol. The second-order valence-corrected chi connectivity index (χ2v) is 7.02. The molecule has 2 heterocycles. The maximum Gasteiger partial charge on any atom is 0.263 e. The van der Waals surface area contributed by atoms with Gasteiger partial charge in [0.15, 0.2) is 0 Å². The van der Waals surface area contributed by atoms with Gasteiger partial charge in [-0.25, -0.2) is 4.98 Å². The quantitative estimate of drug-likeness (QED) is 0.817. The van der Waals surface area contributed by atoms with Gasteiger partial charge in [-0.15, -0.1) is 11.3 Å². The van der Waals surface area contributed by atoms with Gasteiger partial charge in [-0.05, 0) is 32.2 Å². The molecule has 2 rings (SSSR count). The summed E-state index contributed by atoms with van der Waals surface area (Å²) >= 11 is 1.43. The van der Waals surface area contributed by atoms with Crippen molar-refractivity contribution in [2.45, 2.75) is 45.6 Å². The van der Waals surface area contributed by atoms with Gasteiger partial charge in [0.05, 0.1) is 17.3 Å². The van der Waals surface area contributed by atoms with E-state index in [2.05, 4.69) is 36.0 Å². The number of thiazole rings is 1. The van der Waals surface area contributed by atoms with Gasteiger partial charge >= 0.3 is 0 Å². The van der Waals surface area contributed by atoms with Crippen LogP contribution in [0.4, 0.5) is 0 Å². The number of ether oxygens (including phenoxy) is 1. The van der Waals surface area contributed by atoms with Crippen LogP contribution >= 0.6 is 11.3 Å². The summed E-state index contributed by atoms with van der Waals surface area (Å²) in [6.45, 7) is 10.9. The highest BCUT2D eigenvalue weighted by molar-refractivity contribution is 7.11. The summed E-state index contributed by atoms with van der Waals surface area (Å²) < 4.78 is 5.65. The molecule has 22 heavy (non-hydrogen) atoms. The Balaban J connectivity index is 1.72. The zero-order valence-corrected chi connectivity index (χ0v) is 14.6. The van der Waals surface area contributed by atoms with E-state index in [0.717, 1.165) is 49.7 Å². The number of nitrogens with one attached hydrogen (secondary N) is 1. The van der Waals surface area contributed by atoms with Crippen molar-refractivity contribution in [2.75, 3.05) is 32.8 Å². The van der Waals surface area contributed by atoms with E-state index in [1.54, 1.807) is 5.51 Å². The first kappa shape index (κ1) is 17.4. The van der Waals surface area contributed by atoms with Gasteiger partial charge in [-0.2, -0.15) is 0 Å². The summed E-state index contributed by atoms with van der Waals surface area (Å²) in [5.41, 5.74) is 2.66. The highest BCUT2D eigenvalue weighted by atomic mass is 32.1. The Labute approximate surface area is 137 Å². The van der Waals surface area contributed by atoms with Crippen LogP contribution in [-0.2, 0) is 4.74 Å². The average Bonchev–Trinajstić information content (AvgIpc) is 2.88. The van der Waals surface area contributed by atoms with Crippen molar-refractivity contribution >= 4 is 17.2 Å². The Morgan fingerprint density at radius 2 is 2.41 bits per heavy atom. The Morgan fingerprint density at radius 3 is 3.18 bits per heavy atom. The van der Waals surface area contributed by atoms with Crippen molar-refractivity contribution in [1.29, 1.82) is 0 Å². The molecule has 1 aromatic heterocycles. The van der Waals surface area contributed by atoms with Crippen LogP contribution in [-0.4, -0.2) is 54.7 Å². The molecule has 1 aromatic rings. The van der Waals surface area contributed by atoms with Gasteiger partial charge < -0.3 is 15.0 Å². The lowest BCUT2D eigenvalue weighted by molar-refractivity contribution is 0.0675. The molecule has 1 N–H and O–H groups in total. The minimum Gasteiger partial charge on any atom is -0.377 e. The molecule has 0 saturated carbocycles. The molecule has 1 aliphatic rings. The standard InChI is InChI=1S/C16H27N3O2S/c1-12(2)14-15(22-11-18-14)16(20)17-6-4-7-19-8-5-9-21-13(3)10-19/h11-13H,4-10H2,1-3H3,(H,17,20)/t13-/m0/s1. The van der Waals surface area contributed by atoms with Crippen LogP contribution in [0.15, 0.2) is 5.51 Å². The number of carbonyl (C=O) groups is 1. The summed E-state index contributed by atoms with van der Waals surface area (Å²) in [5.74, 6) is 0.296. The fourth-order valence-electron chi connectivity index (χ4n) is 2.70. The van der Waals surface area contributed by atoms with Crippen molar-refractivity contribution in [3.05, 3.63) is 16.1 Å². The summed E-state index contributed by atoms with van der Waals surface area (Å²) in [7, 11) is 0. The predicted octanol–water partition coefficient (Wildman–Crippen LogP) is 2.50. The lowest BCUT2D eigenvalue weighted by Crippen LogP contribution is -2.33. The van der Waals surface area contributed by atoms with Crippen molar-refractivity contribution in [1.82, 2.24) is 15.2 Å². The smallest absolute Gasteiger partial charge is 0.263 e. The summed E-state index contributed by atoms with van der Waals surface area (Å²) in [4.78, 5) is 19.7. The molecule has 1 fully saturated rings. The normalized spacial score (nSPS) is 20.1. The Bertz CT molecular complexity index is 476. The SMILES string of the molecule is CC(C)c1ncsc1C(=O)NCCCN1CCCO[C@@H](C)C1. The lowest BCUT2D eigenvalue weighted by atomic mass is 10.1. The van der Waals surface area contributed by atoms with Crippen LogP contribution in [0.3, 0.4) is 0 Å². The molecule has 0 bridgehead atoms. The molecule has 0 aromatic carbocycles. The molecule has 1 atom stereocenters. The topological polar surface area (TPSA) is 54.5 Å². The van der Waals surface area contributed by atoms with E-state index in [4.69, 9.17) is 4.74 Å². The van der Waals surface area contributed by atoms with E-state index < -0.39 is 0 Å². The summed E-state index contributed by atoms with van der Waals surface area (Å²) in [5, 5.41) is 3.02. The molecule has 5 nitrogen and oxygen atoms in total. The minimum absolute atomic E-state index is 0.0127. The molecule has 1 aliphatic heterocycles. The first-order valence-electron chi connectivity index (χ1n) is 8.13. The lowest BCUT2D eigenvalue weighted by Gasteiger charge is -2.21. The number of rotatable bonds is 6. The Hall–Kier alpha value is -0.980. The van der Waals surface area contributed by atoms with E-state index in [0.29, 0.717) is 12.6 Å². The zero-order chi connectivity index (χ0) is 15.9. The summed E-state index contributed by atoms with van der Waals surface area (Å²) in [6.07, 6.45) is 2.37. The summed E-state index contributed by atoms with van der Waals surface area (Å²) in [6, 6.07) is 0. The first-order chi connectivity index (χ1) is 10.6. The van der Waals surface area contributed by atoms with E-state index in [-0.39, 0.29) is 11.8 Å². The fraction of sp³-hybridized carbons (Fsp3) is 0.750. The van der Waals surface area contributed by atoms with Crippen LogP contribution in [0.5, 0.6) is 0 Å². The highest BCUT2D eigenvalue weighted by Gasteiger charge is 2.17. The van der Waals surface area contributed by atoms with Crippen LogP contribution in [0.25, 0.3) is 0 Å². The highest BCUT2D eigenvalue weighted by Crippen LogP contribution is 2.21. The molecule has 0 spiro atoms. The molecule has 0 radical (unpaired) electrons. The Kier molecular flexibility index (Phi) is 6.79. The zero-order valence-electron chi connectivity index (χ0n) is 13.8. The predicted molar refractivity (Wildman–Crippen MR) is 89.6 cm³/mol. The van der Waals surface area contributed by atoms with Gasteiger partial charge in [0.25, 0.3) is 5.91 Å². The second-order valence-electron chi connectivity index (χ2n) is 6.17. The first-order valence-corrected chi connectivity index (χ1v) is 9.01. The van der Waals surface area contributed by atoms with E-state index in [1.807, 2.05) is 0 Å². The van der Waals surface area contributed by atoms with E-state index in [1.165, 1.54) is 11.3 Å². The molecule has 0 unspecified atom stereocenters. The average molecular weight is 325 g/mol. The number of nitrogens with zero attached hydrogens (tertiary/aromatic N) is 2. The second kappa shape index (κ2) is 8.60. The monoisotopic (exact) mass is 325 g/mol. The van der Waals surface area contributed by atoms with Crippen LogP contribution in [0, 0.1) is 0 Å². The van der Waals surface area contributed by atoms with Crippen LogP contribution < -0.4 is 5.32 Å². The van der Waals surface area contributed by atoms with Gasteiger partial charge in [-0.3, -0.25) is 4.79 Å². The van der Waals surface area contributed by atoms with Crippen LogP contribution in [0.2, 0.25) is 0 Å². The number of amides is 1. The molecule has 6 heteroatoms. The van der Waals surface area contributed by atoms with Crippen LogP contribution in [0.1, 0.15) is 54.9 Å². The number of hydrogen-bond donors (Lipinski definition) is 1. The van der Waals surface area contributed by atoms with Crippen molar-refractivity contribution in [3.63, 3.8) is 0 Å². The van der Waals surface area contributed by atoms with E-state index >= 15 is 0 Å². The number of aromatic nitrogens is 1. The number of hydrogen-bond acceptors (Lipinski definition) is 5. The largest absolute Gasteiger partial charge is 0.377 e.